The molecule has 1 fully saturated rings. The summed E-state index contributed by atoms with van der Waals surface area (Å²) in [5, 5.41) is 1.14. The smallest absolute Gasteiger partial charge is 0.0595 e. The topological polar surface area (TPSA) is 38.5 Å². The summed E-state index contributed by atoms with van der Waals surface area (Å²) in [6, 6.07) is 5.82. The van der Waals surface area contributed by atoms with Crippen LogP contribution >= 0.6 is 23.2 Å². The third kappa shape index (κ3) is 4.61. The van der Waals surface area contributed by atoms with Crippen LogP contribution in [0.1, 0.15) is 24.4 Å². The standard InChI is InChI=1S/C15H22Cl2N2O/c1-19(6-7-20-10-11-2-3-11)15(9-18)12-4-5-13(16)14(17)8-12/h4-5,8,11,15H,2-3,6-7,9-10,18H2,1H3. The summed E-state index contributed by atoms with van der Waals surface area (Å²) in [4.78, 5) is 2.20. The van der Waals surface area contributed by atoms with E-state index in [2.05, 4.69) is 11.9 Å². The Kier molecular flexibility index (Phi) is 6.12. The number of rotatable bonds is 8. The van der Waals surface area contributed by atoms with Crippen molar-refractivity contribution in [2.75, 3.05) is 33.4 Å². The highest BCUT2D eigenvalue weighted by molar-refractivity contribution is 6.42. The summed E-state index contributed by atoms with van der Waals surface area (Å²) < 4.78 is 5.67. The van der Waals surface area contributed by atoms with Gasteiger partial charge in [-0.2, -0.15) is 0 Å². The maximum atomic E-state index is 6.07. The van der Waals surface area contributed by atoms with Gasteiger partial charge in [0.2, 0.25) is 0 Å². The van der Waals surface area contributed by atoms with E-state index in [1.165, 1.54) is 12.8 Å². The average Bonchev–Trinajstić information content (AvgIpc) is 3.24. The summed E-state index contributed by atoms with van der Waals surface area (Å²) >= 11 is 12.0. The maximum absolute atomic E-state index is 6.07. The van der Waals surface area contributed by atoms with Crippen molar-refractivity contribution in [3.05, 3.63) is 33.8 Å². The Morgan fingerprint density at radius 3 is 2.70 bits per heavy atom. The molecular formula is C15H22Cl2N2O. The van der Waals surface area contributed by atoms with E-state index in [9.17, 15) is 0 Å². The third-order valence-electron chi connectivity index (χ3n) is 3.72. The molecule has 1 aliphatic rings. The van der Waals surface area contributed by atoms with Crippen molar-refractivity contribution in [1.82, 2.24) is 4.90 Å². The number of hydrogen-bond acceptors (Lipinski definition) is 3. The fourth-order valence-electron chi connectivity index (χ4n) is 2.19. The second-order valence-corrected chi connectivity index (χ2v) is 6.24. The molecule has 1 aliphatic carbocycles. The first-order valence-electron chi connectivity index (χ1n) is 7.04. The summed E-state index contributed by atoms with van der Waals surface area (Å²) in [5.41, 5.74) is 6.99. The minimum Gasteiger partial charge on any atom is -0.380 e. The number of halogens is 2. The van der Waals surface area contributed by atoms with Gasteiger partial charge in [0, 0.05) is 25.7 Å². The van der Waals surface area contributed by atoms with E-state index in [-0.39, 0.29) is 6.04 Å². The van der Waals surface area contributed by atoms with E-state index < -0.39 is 0 Å². The van der Waals surface area contributed by atoms with Gasteiger partial charge in [-0.3, -0.25) is 4.90 Å². The van der Waals surface area contributed by atoms with E-state index in [1.807, 2.05) is 18.2 Å². The summed E-state index contributed by atoms with van der Waals surface area (Å²) in [6.45, 7) is 3.03. The van der Waals surface area contributed by atoms with Crippen molar-refractivity contribution in [2.45, 2.75) is 18.9 Å². The van der Waals surface area contributed by atoms with Crippen LogP contribution in [-0.2, 0) is 4.74 Å². The Bertz CT molecular complexity index is 438. The van der Waals surface area contributed by atoms with E-state index in [4.69, 9.17) is 33.7 Å². The van der Waals surface area contributed by atoms with Crippen molar-refractivity contribution in [3.8, 4) is 0 Å². The highest BCUT2D eigenvalue weighted by atomic mass is 35.5. The Morgan fingerprint density at radius 1 is 1.35 bits per heavy atom. The second-order valence-electron chi connectivity index (χ2n) is 5.42. The van der Waals surface area contributed by atoms with Gasteiger partial charge in [0.1, 0.15) is 0 Å². The SMILES string of the molecule is CN(CCOCC1CC1)C(CN)c1ccc(Cl)c(Cl)c1. The Morgan fingerprint density at radius 2 is 2.10 bits per heavy atom. The quantitative estimate of drug-likeness (QED) is 0.747. The van der Waals surface area contributed by atoms with Crippen molar-refractivity contribution in [3.63, 3.8) is 0 Å². The maximum Gasteiger partial charge on any atom is 0.0595 e. The third-order valence-corrected chi connectivity index (χ3v) is 4.46. The molecule has 0 aliphatic heterocycles. The first kappa shape index (κ1) is 16.1. The number of benzene rings is 1. The Balaban J connectivity index is 1.86. The lowest BCUT2D eigenvalue weighted by Gasteiger charge is -2.27. The number of nitrogens with zero attached hydrogens (tertiary/aromatic N) is 1. The largest absolute Gasteiger partial charge is 0.380 e. The van der Waals surface area contributed by atoms with E-state index in [1.54, 1.807) is 0 Å². The first-order chi connectivity index (χ1) is 9.61. The van der Waals surface area contributed by atoms with E-state index in [0.29, 0.717) is 16.6 Å². The van der Waals surface area contributed by atoms with Crippen molar-refractivity contribution >= 4 is 23.2 Å². The Labute approximate surface area is 131 Å². The lowest BCUT2D eigenvalue weighted by molar-refractivity contribution is 0.0923. The zero-order valence-electron chi connectivity index (χ0n) is 11.8. The predicted octanol–water partition coefficient (Wildman–Crippen LogP) is 3.35. The molecule has 0 saturated heterocycles. The number of ether oxygens (including phenoxy) is 1. The molecule has 1 saturated carbocycles. The lowest BCUT2D eigenvalue weighted by Crippen LogP contribution is -2.33. The average molecular weight is 317 g/mol. The highest BCUT2D eigenvalue weighted by Crippen LogP contribution is 2.29. The van der Waals surface area contributed by atoms with Crippen LogP contribution in [0, 0.1) is 5.92 Å². The van der Waals surface area contributed by atoms with Gasteiger partial charge in [0.15, 0.2) is 0 Å². The number of likely N-dealkylation sites (N-methyl/N-ethyl adjacent to an activating group) is 1. The molecule has 112 valence electrons. The summed E-state index contributed by atoms with van der Waals surface area (Å²) in [5.74, 6) is 0.806. The van der Waals surface area contributed by atoms with Crippen molar-refractivity contribution < 1.29 is 4.74 Å². The van der Waals surface area contributed by atoms with Gasteiger partial charge in [0.25, 0.3) is 0 Å². The van der Waals surface area contributed by atoms with Gasteiger partial charge in [0.05, 0.1) is 16.7 Å². The van der Waals surface area contributed by atoms with Crippen LogP contribution in [-0.4, -0.2) is 38.3 Å². The van der Waals surface area contributed by atoms with Gasteiger partial charge < -0.3 is 10.5 Å². The van der Waals surface area contributed by atoms with Crippen LogP contribution in [0.3, 0.4) is 0 Å². The molecule has 0 amide bonds. The van der Waals surface area contributed by atoms with E-state index in [0.717, 1.165) is 31.2 Å². The minimum atomic E-state index is 0.134. The predicted molar refractivity (Wildman–Crippen MR) is 84.4 cm³/mol. The molecule has 1 aromatic rings. The number of hydrogen-bond donors (Lipinski definition) is 1. The van der Waals surface area contributed by atoms with Crippen LogP contribution in [0.15, 0.2) is 18.2 Å². The molecule has 5 heteroatoms. The van der Waals surface area contributed by atoms with Gasteiger partial charge in [-0.15, -0.1) is 0 Å². The van der Waals surface area contributed by atoms with Crippen LogP contribution in [0.2, 0.25) is 10.0 Å². The molecule has 0 heterocycles. The number of nitrogens with two attached hydrogens (primary N) is 1. The van der Waals surface area contributed by atoms with E-state index >= 15 is 0 Å². The molecule has 2 rings (SSSR count). The van der Waals surface area contributed by atoms with Gasteiger partial charge in [-0.25, -0.2) is 0 Å². The monoisotopic (exact) mass is 316 g/mol. The Hall–Kier alpha value is -0.320. The molecule has 0 aromatic heterocycles. The molecule has 20 heavy (non-hydrogen) atoms. The zero-order valence-corrected chi connectivity index (χ0v) is 13.3. The van der Waals surface area contributed by atoms with Crippen LogP contribution in [0.4, 0.5) is 0 Å². The van der Waals surface area contributed by atoms with Crippen molar-refractivity contribution in [1.29, 1.82) is 0 Å². The minimum absolute atomic E-state index is 0.134. The zero-order chi connectivity index (χ0) is 14.5. The van der Waals surface area contributed by atoms with Crippen LogP contribution in [0.5, 0.6) is 0 Å². The molecule has 0 bridgehead atoms. The molecule has 3 nitrogen and oxygen atoms in total. The first-order valence-corrected chi connectivity index (χ1v) is 7.80. The second kappa shape index (κ2) is 7.62. The molecule has 1 aromatic carbocycles. The summed E-state index contributed by atoms with van der Waals surface area (Å²) in [6.07, 6.45) is 2.65. The summed E-state index contributed by atoms with van der Waals surface area (Å²) in [7, 11) is 2.06. The molecule has 1 unspecified atom stereocenters. The molecule has 0 radical (unpaired) electrons. The molecule has 1 atom stereocenters. The lowest BCUT2D eigenvalue weighted by atomic mass is 10.1. The normalized spacial score (nSPS) is 16.6. The molecular weight excluding hydrogens is 295 g/mol. The van der Waals surface area contributed by atoms with Gasteiger partial charge in [-0.05, 0) is 43.5 Å². The van der Waals surface area contributed by atoms with Crippen LogP contribution < -0.4 is 5.73 Å². The van der Waals surface area contributed by atoms with Crippen LogP contribution in [0.25, 0.3) is 0 Å². The highest BCUT2D eigenvalue weighted by Gasteiger charge is 2.21. The molecule has 0 spiro atoms. The fraction of sp³-hybridized carbons (Fsp3) is 0.600. The van der Waals surface area contributed by atoms with Gasteiger partial charge >= 0.3 is 0 Å². The van der Waals surface area contributed by atoms with Gasteiger partial charge in [-0.1, -0.05) is 29.3 Å². The van der Waals surface area contributed by atoms with Crippen molar-refractivity contribution in [2.24, 2.45) is 11.7 Å². The fourth-order valence-corrected chi connectivity index (χ4v) is 2.50. The molecule has 2 N–H and O–H groups in total.